The van der Waals surface area contributed by atoms with Crippen molar-refractivity contribution in [2.45, 2.75) is 83.2 Å². The molecular formula is C27H35N3O4. The Morgan fingerprint density at radius 3 is 2.59 bits per heavy atom. The van der Waals surface area contributed by atoms with Crippen LogP contribution >= 0.6 is 0 Å². The van der Waals surface area contributed by atoms with Gasteiger partial charge in [0.15, 0.2) is 6.61 Å². The van der Waals surface area contributed by atoms with Gasteiger partial charge in [0.25, 0.3) is 5.91 Å². The predicted molar refractivity (Wildman–Crippen MR) is 127 cm³/mol. The number of amides is 2. The van der Waals surface area contributed by atoms with E-state index in [0.29, 0.717) is 31.6 Å². The number of ketones is 1. The third kappa shape index (κ3) is 5.60. The van der Waals surface area contributed by atoms with Gasteiger partial charge in [0.05, 0.1) is 6.07 Å². The summed E-state index contributed by atoms with van der Waals surface area (Å²) in [6.45, 7) is 2.42. The summed E-state index contributed by atoms with van der Waals surface area (Å²) in [6.07, 6.45) is 8.60. The highest BCUT2D eigenvalue weighted by Gasteiger charge is 2.49. The number of rotatable bonds is 7. The topological polar surface area (TPSA) is 99.5 Å². The minimum absolute atomic E-state index is 0.0384. The number of carbonyl (C=O) groups excluding carboxylic acids is 3. The standard InChI is InChI=1S/C27H35N3O4/c1-19-8-10-22(11-9-19)34-17-25(32)30-18-27(12-3-2-4-13-27)15-23(30)26(33)29-21(16-28)14-20-6-5-7-24(20)31/h8-11,20-21,23H,2-7,12-15,17-18H2,1H3,(H,29,33)/t20-,21-,23?/m0/s1. The Hall–Kier alpha value is -2.88. The van der Waals surface area contributed by atoms with Crippen LogP contribution in [0.2, 0.25) is 0 Å². The molecule has 1 unspecified atom stereocenters. The number of likely N-dealkylation sites (tertiary alicyclic amines) is 1. The van der Waals surface area contributed by atoms with E-state index in [1.54, 1.807) is 4.90 Å². The molecule has 0 radical (unpaired) electrons. The van der Waals surface area contributed by atoms with Gasteiger partial charge in [-0.1, -0.05) is 37.0 Å². The number of ether oxygens (including phenoxy) is 1. The lowest BCUT2D eigenvalue weighted by Gasteiger charge is -2.33. The highest BCUT2D eigenvalue weighted by molar-refractivity contribution is 5.89. The Bertz CT molecular complexity index is 946. The van der Waals surface area contributed by atoms with Crippen LogP contribution in [0.15, 0.2) is 24.3 Å². The second kappa shape index (κ2) is 10.6. The van der Waals surface area contributed by atoms with Gasteiger partial charge in [0, 0.05) is 18.9 Å². The van der Waals surface area contributed by atoms with Crippen molar-refractivity contribution in [2.24, 2.45) is 11.3 Å². The van der Waals surface area contributed by atoms with E-state index < -0.39 is 12.1 Å². The highest BCUT2D eigenvalue weighted by Crippen LogP contribution is 2.46. The molecule has 2 saturated carbocycles. The molecule has 0 aromatic heterocycles. The molecule has 1 saturated heterocycles. The molecule has 182 valence electrons. The maximum atomic E-state index is 13.3. The maximum Gasteiger partial charge on any atom is 0.261 e. The van der Waals surface area contributed by atoms with Gasteiger partial charge in [0.2, 0.25) is 5.91 Å². The second-order valence-electron chi connectivity index (χ2n) is 10.4. The Morgan fingerprint density at radius 2 is 1.94 bits per heavy atom. The molecule has 1 heterocycles. The van der Waals surface area contributed by atoms with Crippen LogP contribution in [0.25, 0.3) is 0 Å². The van der Waals surface area contributed by atoms with Gasteiger partial charge < -0.3 is 15.0 Å². The fraction of sp³-hybridized carbons (Fsp3) is 0.630. The Kier molecular flexibility index (Phi) is 7.55. The molecule has 3 fully saturated rings. The minimum Gasteiger partial charge on any atom is -0.484 e. The molecule has 0 bridgehead atoms. The number of nitriles is 1. The summed E-state index contributed by atoms with van der Waals surface area (Å²) in [5, 5.41) is 12.5. The van der Waals surface area contributed by atoms with Gasteiger partial charge in [-0.05, 0) is 63.0 Å². The van der Waals surface area contributed by atoms with Crippen LogP contribution in [0.4, 0.5) is 0 Å². The van der Waals surface area contributed by atoms with E-state index in [4.69, 9.17) is 4.74 Å². The maximum absolute atomic E-state index is 13.3. The van der Waals surface area contributed by atoms with Gasteiger partial charge >= 0.3 is 0 Å². The molecular weight excluding hydrogens is 430 g/mol. The smallest absolute Gasteiger partial charge is 0.261 e. The van der Waals surface area contributed by atoms with Crippen LogP contribution in [-0.4, -0.2) is 47.7 Å². The first-order valence-electron chi connectivity index (χ1n) is 12.6. The summed E-state index contributed by atoms with van der Waals surface area (Å²) in [4.78, 5) is 40.3. The summed E-state index contributed by atoms with van der Waals surface area (Å²) in [6, 6.07) is 8.36. The molecule has 2 aliphatic carbocycles. The average Bonchev–Trinajstić information content (AvgIpc) is 3.42. The largest absolute Gasteiger partial charge is 0.484 e. The molecule has 1 aromatic carbocycles. The van der Waals surface area contributed by atoms with Crippen molar-refractivity contribution in [3.8, 4) is 11.8 Å². The fourth-order valence-electron chi connectivity index (χ4n) is 5.91. The summed E-state index contributed by atoms with van der Waals surface area (Å²) in [5.41, 5.74) is 1.07. The van der Waals surface area contributed by atoms with Crippen LogP contribution in [-0.2, 0) is 14.4 Å². The zero-order valence-corrected chi connectivity index (χ0v) is 20.1. The van der Waals surface area contributed by atoms with E-state index in [9.17, 15) is 19.6 Å². The number of aryl methyl sites for hydroxylation is 1. The molecule has 1 aromatic rings. The molecule has 3 atom stereocenters. The first-order valence-corrected chi connectivity index (χ1v) is 12.6. The third-order valence-electron chi connectivity index (χ3n) is 7.85. The molecule has 1 aliphatic heterocycles. The first kappa shape index (κ1) is 24.3. The highest BCUT2D eigenvalue weighted by atomic mass is 16.5. The monoisotopic (exact) mass is 465 g/mol. The molecule has 3 aliphatic rings. The lowest BCUT2D eigenvalue weighted by atomic mass is 9.72. The number of carbonyl (C=O) groups is 3. The fourth-order valence-corrected chi connectivity index (χ4v) is 5.91. The normalized spacial score (nSPS) is 24.6. The van der Waals surface area contributed by atoms with Crippen molar-refractivity contribution in [2.75, 3.05) is 13.2 Å². The van der Waals surface area contributed by atoms with Crippen LogP contribution in [0.3, 0.4) is 0 Å². The number of hydrogen-bond acceptors (Lipinski definition) is 5. The number of benzene rings is 1. The lowest BCUT2D eigenvalue weighted by molar-refractivity contribution is -0.140. The van der Waals surface area contributed by atoms with Gasteiger partial charge in [0.1, 0.15) is 23.6 Å². The number of hydrogen-bond donors (Lipinski definition) is 1. The summed E-state index contributed by atoms with van der Waals surface area (Å²) in [5.74, 6) is 0.156. The van der Waals surface area contributed by atoms with Crippen LogP contribution in [0.1, 0.15) is 69.8 Å². The molecule has 1 spiro atoms. The van der Waals surface area contributed by atoms with Crippen molar-refractivity contribution >= 4 is 17.6 Å². The molecule has 4 rings (SSSR count). The third-order valence-corrected chi connectivity index (χ3v) is 7.85. The van der Waals surface area contributed by atoms with Crippen molar-refractivity contribution < 1.29 is 19.1 Å². The van der Waals surface area contributed by atoms with Crippen molar-refractivity contribution in [1.82, 2.24) is 10.2 Å². The molecule has 1 N–H and O–H groups in total. The summed E-state index contributed by atoms with van der Waals surface area (Å²) < 4.78 is 5.73. The Balaban J connectivity index is 1.43. The zero-order chi connectivity index (χ0) is 24.1. The van der Waals surface area contributed by atoms with E-state index >= 15 is 0 Å². The summed E-state index contributed by atoms with van der Waals surface area (Å²) in [7, 11) is 0. The SMILES string of the molecule is Cc1ccc(OCC(=O)N2CC3(CCCCC3)CC2C(=O)N[C@H](C#N)C[C@@H]2CCCC2=O)cc1. The predicted octanol–water partition coefficient (Wildman–Crippen LogP) is 3.69. The van der Waals surface area contributed by atoms with Crippen molar-refractivity contribution in [3.05, 3.63) is 29.8 Å². The number of nitrogens with one attached hydrogen (secondary N) is 1. The van der Waals surface area contributed by atoms with Crippen LogP contribution in [0.5, 0.6) is 5.75 Å². The van der Waals surface area contributed by atoms with Crippen molar-refractivity contribution in [3.63, 3.8) is 0 Å². The quantitative estimate of drug-likeness (QED) is 0.662. The number of nitrogens with zero attached hydrogens (tertiary/aromatic N) is 2. The minimum atomic E-state index is -0.719. The van der Waals surface area contributed by atoms with Gasteiger partial charge in [-0.2, -0.15) is 5.26 Å². The van der Waals surface area contributed by atoms with E-state index in [1.807, 2.05) is 31.2 Å². The molecule has 7 heteroatoms. The Labute approximate surface area is 201 Å². The molecule has 34 heavy (non-hydrogen) atoms. The van der Waals surface area contributed by atoms with E-state index in [2.05, 4.69) is 11.4 Å². The molecule has 7 nitrogen and oxygen atoms in total. The van der Waals surface area contributed by atoms with E-state index in [-0.39, 0.29) is 35.5 Å². The van der Waals surface area contributed by atoms with E-state index in [0.717, 1.165) is 44.1 Å². The van der Waals surface area contributed by atoms with E-state index in [1.165, 1.54) is 6.42 Å². The van der Waals surface area contributed by atoms with Gasteiger partial charge in [-0.15, -0.1) is 0 Å². The molecule has 2 amide bonds. The van der Waals surface area contributed by atoms with Gasteiger partial charge in [-0.3, -0.25) is 14.4 Å². The second-order valence-corrected chi connectivity index (χ2v) is 10.4. The zero-order valence-electron chi connectivity index (χ0n) is 20.1. The number of Topliss-reactive ketones (excluding diaryl/α,β-unsaturated/α-hetero) is 1. The Morgan fingerprint density at radius 1 is 1.21 bits per heavy atom. The lowest BCUT2D eigenvalue weighted by Crippen LogP contribution is -2.50. The van der Waals surface area contributed by atoms with Gasteiger partial charge in [-0.25, -0.2) is 0 Å². The summed E-state index contributed by atoms with van der Waals surface area (Å²) >= 11 is 0. The van der Waals surface area contributed by atoms with Crippen LogP contribution < -0.4 is 10.1 Å². The first-order chi connectivity index (χ1) is 16.4. The van der Waals surface area contributed by atoms with Crippen molar-refractivity contribution in [1.29, 1.82) is 5.26 Å². The van der Waals surface area contributed by atoms with Crippen LogP contribution in [0, 0.1) is 29.6 Å². The average molecular weight is 466 g/mol.